The molecule has 0 radical (unpaired) electrons. The summed E-state index contributed by atoms with van der Waals surface area (Å²) in [5.74, 6) is -1.42. The fourth-order valence-electron chi connectivity index (χ4n) is 3.43. The number of hydrogen-bond donors (Lipinski definition) is 0. The second kappa shape index (κ2) is 8.53. The number of halogens is 1. The molecule has 1 amide bonds. The van der Waals surface area contributed by atoms with E-state index in [-0.39, 0.29) is 24.6 Å². The lowest BCUT2D eigenvalue weighted by molar-refractivity contribution is -0.138. The van der Waals surface area contributed by atoms with Gasteiger partial charge in [0.1, 0.15) is 5.76 Å². The molecule has 0 bridgehead atoms. The summed E-state index contributed by atoms with van der Waals surface area (Å²) in [6, 6.07) is 10.2. The molecule has 8 heteroatoms. The summed E-state index contributed by atoms with van der Waals surface area (Å²) >= 11 is 6.32. The molecule has 0 saturated heterocycles. The summed E-state index contributed by atoms with van der Waals surface area (Å²) in [5, 5.41) is 0.474. The van der Waals surface area contributed by atoms with Crippen molar-refractivity contribution in [1.82, 2.24) is 4.90 Å². The van der Waals surface area contributed by atoms with E-state index < -0.39 is 17.9 Å². The van der Waals surface area contributed by atoms with Crippen molar-refractivity contribution in [3.63, 3.8) is 0 Å². The first-order chi connectivity index (χ1) is 13.9. The Hall–Kier alpha value is -3.06. The SMILES string of the molecule is COC(=O)C1=C(C)N(Cc2ccc(C(=O)OC)o2)C(=O)C[C@@H]1c1ccccc1Cl. The molecule has 2 aromatic rings. The van der Waals surface area contributed by atoms with Crippen molar-refractivity contribution in [2.45, 2.75) is 25.8 Å². The van der Waals surface area contributed by atoms with Gasteiger partial charge in [-0.1, -0.05) is 29.8 Å². The molecule has 1 atom stereocenters. The summed E-state index contributed by atoms with van der Waals surface area (Å²) in [6.07, 6.45) is 0.0517. The molecule has 1 aliphatic heterocycles. The van der Waals surface area contributed by atoms with Crippen LogP contribution in [0.15, 0.2) is 52.1 Å². The quantitative estimate of drug-likeness (QED) is 0.690. The van der Waals surface area contributed by atoms with Crippen LogP contribution in [-0.2, 0) is 25.6 Å². The maximum Gasteiger partial charge on any atom is 0.373 e. The van der Waals surface area contributed by atoms with E-state index in [2.05, 4.69) is 4.74 Å². The Morgan fingerprint density at radius 3 is 2.48 bits per heavy atom. The Morgan fingerprint density at radius 2 is 1.83 bits per heavy atom. The second-order valence-electron chi connectivity index (χ2n) is 6.51. The molecule has 0 spiro atoms. The third-order valence-electron chi connectivity index (χ3n) is 4.87. The number of allylic oxidation sites excluding steroid dienone is 1. The van der Waals surface area contributed by atoms with Gasteiger partial charge in [0, 0.05) is 23.1 Å². The summed E-state index contributed by atoms with van der Waals surface area (Å²) in [6.45, 7) is 1.74. The van der Waals surface area contributed by atoms with Gasteiger partial charge in [-0.2, -0.15) is 0 Å². The normalized spacial score (nSPS) is 16.8. The molecule has 1 aromatic carbocycles. The number of benzene rings is 1. The van der Waals surface area contributed by atoms with E-state index in [0.717, 1.165) is 0 Å². The van der Waals surface area contributed by atoms with Gasteiger partial charge >= 0.3 is 11.9 Å². The molecular weight excluding hydrogens is 398 g/mol. The number of ether oxygens (including phenoxy) is 2. The molecule has 29 heavy (non-hydrogen) atoms. The number of carbonyl (C=O) groups excluding carboxylic acids is 3. The van der Waals surface area contributed by atoms with E-state index >= 15 is 0 Å². The molecular formula is C21H20ClNO6. The average molecular weight is 418 g/mol. The van der Waals surface area contributed by atoms with Crippen LogP contribution in [0.3, 0.4) is 0 Å². The lowest BCUT2D eigenvalue weighted by atomic mass is 9.83. The minimum absolute atomic E-state index is 0.0377. The van der Waals surface area contributed by atoms with Gasteiger partial charge in [-0.05, 0) is 30.7 Å². The van der Waals surface area contributed by atoms with Crippen LogP contribution in [0.4, 0.5) is 0 Å². The van der Waals surface area contributed by atoms with Gasteiger partial charge in [0.2, 0.25) is 11.7 Å². The molecule has 152 valence electrons. The Kier molecular flexibility index (Phi) is 6.08. The van der Waals surface area contributed by atoms with E-state index in [1.165, 1.54) is 25.2 Å². The van der Waals surface area contributed by atoms with Gasteiger partial charge in [-0.15, -0.1) is 0 Å². The third-order valence-corrected chi connectivity index (χ3v) is 5.22. The number of esters is 2. The predicted octanol–water partition coefficient (Wildman–Crippen LogP) is 3.68. The van der Waals surface area contributed by atoms with Crippen LogP contribution in [0.5, 0.6) is 0 Å². The number of furan rings is 1. The first-order valence-electron chi connectivity index (χ1n) is 8.88. The van der Waals surface area contributed by atoms with E-state index in [9.17, 15) is 14.4 Å². The first kappa shape index (κ1) is 20.7. The van der Waals surface area contributed by atoms with Gasteiger partial charge in [-0.3, -0.25) is 4.79 Å². The van der Waals surface area contributed by atoms with Crippen molar-refractivity contribution in [3.8, 4) is 0 Å². The first-order valence-corrected chi connectivity index (χ1v) is 9.26. The van der Waals surface area contributed by atoms with Crippen molar-refractivity contribution in [1.29, 1.82) is 0 Å². The molecule has 0 saturated carbocycles. The molecule has 0 aliphatic carbocycles. The number of methoxy groups -OCH3 is 2. The van der Waals surface area contributed by atoms with Crippen molar-refractivity contribution >= 4 is 29.4 Å². The highest BCUT2D eigenvalue weighted by Gasteiger charge is 2.37. The maximum atomic E-state index is 12.9. The van der Waals surface area contributed by atoms with Gasteiger partial charge in [0.05, 0.1) is 26.3 Å². The van der Waals surface area contributed by atoms with E-state index in [4.69, 9.17) is 20.8 Å². The van der Waals surface area contributed by atoms with Crippen molar-refractivity contribution < 1.29 is 28.3 Å². The Labute approximate surface area is 172 Å². The van der Waals surface area contributed by atoms with Crippen LogP contribution in [-0.4, -0.2) is 37.0 Å². The van der Waals surface area contributed by atoms with Gasteiger partial charge < -0.3 is 18.8 Å². The van der Waals surface area contributed by atoms with Crippen LogP contribution >= 0.6 is 11.6 Å². The largest absolute Gasteiger partial charge is 0.466 e. The Balaban J connectivity index is 1.99. The smallest absolute Gasteiger partial charge is 0.373 e. The molecule has 0 unspecified atom stereocenters. The zero-order valence-electron chi connectivity index (χ0n) is 16.2. The average Bonchev–Trinajstić information content (AvgIpc) is 3.18. The van der Waals surface area contributed by atoms with Gasteiger partial charge in [0.15, 0.2) is 0 Å². The van der Waals surface area contributed by atoms with E-state index in [1.54, 1.807) is 37.3 Å². The fraction of sp³-hybridized carbons (Fsp3) is 0.286. The Morgan fingerprint density at radius 1 is 1.14 bits per heavy atom. The third kappa shape index (κ3) is 4.05. The summed E-state index contributed by atoms with van der Waals surface area (Å²) < 4.78 is 15.1. The zero-order valence-corrected chi connectivity index (χ0v) is 17.0. The summed E-state index contributed by atoms with van der Waals surface area (Å²) in [7, 11) is 2.55. The number of rotatable bonds is 5. The van der Waals surface area contributed by atoms with Crippen molar-refractivity contribution in [2.75, 3.05) is 14.2 Å². The monoisotopic (exact) mass is 417 g/mol. The fourth-order valence-corrected chi connectivity index (χ4v) is 3.70. The lowest BCUT2D eigenvalue weighted by Gasteiger charge is -2.34. The minimum Gasteiger partial charge on any atom is -0.466 e. The van der Waals surface area contributed by atoms with Crippen LogP contribution in [0.1, 0.15) is 41.1 Å². The lowest BCUT2D eigenvalue weighted by Crippen LogP contribution is -2.37. The molecule has 7 nitrogen and oxygen atoms in total. The number of hydrogen-bond acceptors (Lipinski definition) is 6. The summed E-state index contributed by atoms with van der Waals surface area (Å²) in [4.78, 5) is 38.5. The van der Waals surface area contributed by atoms with E-state index in [0.29, 0.717) is 27.6 Å². The van der Waals surface area contributed by atoms with Crippen LogP contribution in [0, 0.1) is 0 Å². The van der Waals surface area contributed by atoms with Gasteiger partial charge in [0.25, 0.3) is 0 Å². The number of amides is 1. The highest BCUT2D eigenvalue weighted by molar-refractivity contribution is 6.31. The highest BCUT2D eigenvalue weighted by atomic mass is 35.5. The molecule has 0 fully saturated rings. The van der Waals surface area contributed by atoms with E-state index in [1.807, 2.05) is 0 Å². The molecule has 1 aromatic heterocycles. The minimum atomic E-state index is -0.609. The highest BCUT2D eigenvalue weighted by Crippen LogP contribution is 2.40. The Bertz CT molecular complexity index is 993. The predicted molar refractivity (Wildman–Crippen MR) is 104 cm³/mol. The van der Waals surface area contributed by atoms with Crippen molar-refractivity contribution in [2.24, 2.45) is 0 Å². The van der Waals surface area contributed by atoms with Crippen LogP contribution in [0.2, 0.25) is 5.02 Å². The topological polar surface area (TPSA) is 86.1 Å². The molecule has 1 aliphatic rings. The number of carbonyl (C=O) groups is 3. The van der Waals surface area contributed by atoms with Crippen LogP contribution < -0.4 is 0 Å². The van der Waals surface area contributed by atoms with Gasteiger partial charge in [-0.25, -0.2) is 9.59 Å². The standard InChI is InChI=1S/C21H20ClNO6/c1-12-19(21(26)28-3)15(14-6-4-5-7-16(14)22)10-18(24)23(12)11-13-8-9-17(29-13)20(25)27-2/h4-9,15H,10-11H2,1-3H3/t15-/m1/s1. The number of nitrogens with zero attached hydrogens (tertiary/aromatic N) is 1. The van der Waals surface area contributed by atoms with Crippen LogP contribution in [0.25, 0.3) is 0 Å². The molecule has 0 N–H and O–H groups in total. The summed E-state index contributed by atoms with van der Waals surface area (Å²) in [5.41, 5.74) is 1.50. The maximum absolute atomic E-state index is 12.9. The van der Waals surface area contributed by atoms with Crippen molar-refractivity contribution in [3.05, 3.63) is 69.8 Å². The zero-order chi connectivity index (χ0) is 21.1. The second-order valence-corrected chi connectivity index (χ2v) is 6.91. The molecule has 2 heterocycles. The molecule has 3 rings (SSSR count).